The van der Waals surface area contributed by atoms with Crippen molar-refractivity contribution in [3.8, 4) is 0 Å². The van der Waals surface area contributed by atoms with Gasteiger partial charge in [0.2, 0.25) is 5.91 Å². The first kappa shape index (κ1) is 18.6. The number of likely N-dealkylation sites (tertiary alicyclic amines) is 1. The zero-order valence-electron chi connectivity index (χ0n) is 14.9. The summed E-state index contributed by atoms with van der Waals surface area (Å²) in [6.07, 6.45) is 9.63. The Kier molecular flexibility index (Phi) is 6.39. The summed E-state index contributed by atoms with van der Waals surface area (Å²) in [5, 5.41) is 0. The van der Waals surface area contributed by atoms with E-state index in [4.69, 9.17) is 0 Å². The highest BCUT2D eigenvalue weighted by Crippen LogP contribution is 2.27. The third kappa shape index (κ3) is 4.49. The van der Waals surface area contributed by atoms with Gasteiger partial charge in [-0.2, -0.15) is 0 Å². The summed E-state index contributed by atoms with van der Waals surface area (Å²) < 4.78 is 0. The maximum Gasteiger partial charge on any atom is 0.222 e. The molecular formula is C20H23N3O2S. The lowest BCUT2D eigenvalue weighted by atomic mass is 9.89. The molecule has 1 atom stereocenters. The molecule has 2 aromatic rings. The molecule has 3 rings (SSSR count). The van der Waals surface area contributed by atoms with Crippen LogP contribution in [0.2, 0.25) is 0 Å². The van der Waals surface area contributed by atoms with Crippen molar-refractivity contribution in [2.45, 2.75) is 30.6 Å². The normalized spacial score (nSPS) is 17.1. The molecule has 1 fully saturated rings. The lowest BCUT2D eigenvalue weighted by molar-refractivity contribution is -0.132. The van der Waals surface area contributed by atoms with Crippen molar-refractivity contribution in [2.75, 3.05) is 19.3 Å². The van der Waals surface area contributed by atoms with Gasteiger partial charge in [-0.3, -0.25) is 19.6 Å². The van der Waals surface area contributed by atoms with E-state index in [1.165, 1.54) is 0 Å². The highest BCUT2D eigenvalue weighted by molar-refractivity contribution is 7.98. The van der Waals surface area contributed by atoms with E-state index in [-0.39, 0.29) is 17.6 Å². The molecule has 0 spiro atoms. The molecule has 0 radical (unpaired) electrons. The van der Waals surface area contributed by atoms with E-state index in [9.17, 15) is 9.59 Å². The number of hydrogen-bond acceptors (Lipinski definition) is 5. The second-order valence-electron chi connectivity index (χ2n) is 6.44. The Morgan fingerprint density at radius 2 is 2.12 bits per heavy atom. The number of carbonyl (C=O) groups excluding carboxylic acids is 2. The number of Topliss-reactive ketones (excluding diaryl/α,β-unsaturated/α-hetero) is 1. The molecule has 1 aliphatic heterocycles. The van der Waals surface area contributed by atoms with Crippen LogP contribution in [0.3, 0.4) is 0 Å². The summed E-state index contributed by atoms with van der Waals surface area (Å²) in [5.74, 6) is 0.130. The Morgan fingerprint density at radius 1 is 1.27 bits per heavy atom. The molecule has 1 amide bonds. The lowest BCUT2D eigenvalue weighted by Crippen LogP contribution is -2.42. The number of aryl methyl sites for hydroxylation is 1. The number of aromatic nitrogens is 2. The molecule has 2 heterocycles. The first-order valence-electron chi connectivity index (χ1n) is 8.89. The van der Waals surface area contributed by atoms with E-state index in [0.29, 0.717) is 19.4 Å². The first-order valence-corrected chi connectivity index (χ1v) is 10.1. The monoisotopic (exact) mass is 369 g/mol. The van der Waals surface area contributed by atoms with Gasteiger partial charge in [-0.25, -0.2) is 0 Å². The summed E-state index contributed by atoms with van der Waals surface area (Å²) in [5.41, 5.74) is 1.60. The summed E-state index contributed by atoms with van der Waals surface area (Å²) in [7, 11) is 0. The van der Waals surface area contributed by atoms with E-state index >= 15 is 0 Å². The first-order chi connectivity index (χ1) is 12.7. The number of amides is 1. The van der Waals surface area contributed by atoms with Gasteiger partial charge in [0.05, 0.1) is 5.69 Å². The van der Waals surface area contributed by atoms with Crippen molar-refractivity contribution in [1.29, 1.82) is 0 Å². The third-order valence-corrected chi connectivity index (χ3v) is 5.52. The third-order valence-electron chi connectivity index (χ3n) is 4.73. The molecule has 1 saturated heterocycles. The standard InChI is InChI=1S/C20H23N3O2S/c1-26-18-7-3-2-6-17(18)20(25)15-5-4-12-23(14-15)19(24)9-8-16-13-21-10-11-22-16/h2-3,6-7,10-11,13,15H,4-5,8-9,12,14H2,1H3. The Balaban J connectivity index is 1.61. The van der Waals surface area contributed by atoms with Crippen LogP contribution in [0.1, 0.15) is 35.3 Å². The van der Waals surface area contributed by atoms with Crippen molar-refractivity contribution in [2.24, 2.45) is 5.92 Å². The number of thioether (sulfide) groups is 1. The fraction of sp³-hybridized carbons (Fsp3) is 0.400. The fourth-order valence-electron chi connectivity index (χ4n) is 3.34. The highest BCUT2D eigenvalue weighted by atomic mass is 32.2. The SMILES string of the molecule is CSc1ccccc1C(=O)C1CCCN(C(=O)CCc2cnccn2)C1. The van der Waals surface area contributed by atoms with Gasteiger partial charge in [0.1, 0.15) is 0 Å². The maximum absolute atomic E-state index is 13.0. The van der Waals surface area contributed by atoms with Gasteiger partial charge in [0.15, 0.2) is 5.78 Å². The van der Waals surface area contributed by atoms with Gasteiger partial charge < -0.3 is 4.90 Å². The topological polar surface area (TPSA) is 63.2 Å². The smallest absolute Gasteiger partial charge is 0.222 e. The average molecular weight is 369 g/mol. The van der Waals surface area contributed by atoms with Crippen LogP contribution in [0.15, 0.2) is 47.8 Å². The minimum absolute atomic E-state index is 0.0892. The van der Waals surface area contributed by atoms with E-state index < -0.39 is 0 Å². The summed E-state index contributed by atoms with van der Waals surface area (Å²) >= 11 is 1.59. The fourth-order valence-corrected chi connectivity index (χ4v) is 3.94. The van der Waals surface area contributed by atoms with Crippen LogP contribution in [-0.2, 0) is 11.2 Å². The molecule has 6 heteroatoms. The number of benzene rings is 1. The van der Waals surface area contributed by atoms with E-state index in [1.807, 2.05) is 35.4 Å². The van der Waals surface area contributed by atoms with Crippen LogP contribution >= 0.6 is 11.8 Å². The number of nitrogens with zero attached hydrogens (tertiary/aromatic N) is 3. The van der Waals surface area contributed by atoms with Crippen molar-refractivity contribution in [3.63, 3.8) is 0 Å². The highest BCUT2D eigenvalue weighted by Gasteiger charge is 2.29. The summed E-state index contributed by atoms with van der Waals surface area (Å²) in [4.78, 5) is 36.6. The Hall–Kier alpha value is -2.21. The number of ketones is 1. The molecule has 0 saturated carbocycles. The van der Waals surface area contributed by atoms with Crippen LogP contribution in [-0.4, -0.2) is 45.9 Å². The minimum Gasteiger partial charge on any atom is -0.342 e. The molecule has 26 heavy (non-hydrogen) atoms. The van der Waals surface area contributed by atoms with E-state index in [2.05, 4.69) is 9.97 Å². The summed E-state index contributed by atoms with van der Waals surface area (Å²) in [6.45, 7) is 1.24. The zero-order valence-corrected chi connectivity index (χ0v) is 15.7. The van der Waals surface area contributed by atoms with Crippen LogP contribution in [0, 0.1) is 5.92 Å². The van der Waals surface area contributed by atoms with Crippen molar-refractivity contribution in [1.82, 2.24) is 14.9 Å². The van der Waals surface area contributed by atoms with Gasteiger partial charge in [0.25, 0.3) is 0 Å². The molecule has 0 bridgehead atoms. The minimum atomic E-state index is -0.113. The Bertz CT molecular complexity index is 767. The summed E-state index contributed by atoms with van der Waals surface area (Å²) in [6, 6.07) is 7.72. The Morgan fingerprint density at radius 3 is 2.88 bits per heavy atom. The van der Waals surface area contributed by atoms with Crippen LogP contribution in [0.5, 0.6) is 0 Å². The second kappa shape index (κ2) is 8.94. The van der Waals surface area contributed by atoms with Gasteiger partial charge in [-0.1, -0.05) is 18.2 Å². The molecule has 0 N–H and O–H groups in total. The molecular weight excluding hydrogens is 346 g/mol. The van der Waals surface area contributed by atoms with E-state index in [1.54, 1.807) is 30.4 Å². The van der Waals surface area contributed by atoms with Crippen molar-refractivity contribution >= 4 is 23.5 Å². The number of rotatable bonds is 6. The van der Waals surface area contributed by atoms with Gasteiger partial charge in [0, 0.05) is 54.5 Å². The number of piperidine rings is 1. The zero-order chi connectivity index (χ0) is 18.4. The molecule has 0 aliphatic carbocycles. The van der Waals surface area contributed by atoms with Crippen molar-refractivity contribution in [3.05, 3.63) is 54.1 Å². The quantitative estimate of drug-likeness (QED) is 0.578. The van der Waals surface area contributed by atoms with Crippen LogP contribution in [0.4, 0.5) is 0 Å². The number of hydrogen-bond donors (Lipinski definition) is 0. The molecule has 1 aliphatic rings. The number of carbonyl (C=O) groups is 2. The Labute approximate surface area is 158 Å². The predicted octanol–water partition coefficient (Wildman–Crippen LogP) is 3.25. The molecule has 1 aromatic heterocycles. The largest absolute Gasteiger partial charge is 0.342 e. The van der Waals surface area contributed by atoms with Crippen LogP contribution < -0.4 is 0 Å². The molecule has 5 nitrogen and oxygen atoms in total. The van der Waals surface area contributed by atoms with E-state index in [0.717, 1.165) is 35.5 Å². The van der Waals surface area contributed by atoms with Crippen molar-refractivity contribution < 1.29 is 9.59 Å². The van der Waals surface area contributed by atoms with Gasteiger partial charge in [-0.05, 0) is 31.6 Å². The van der Waals surface area contributed by atoms with Crippen LogP contribution in [0.25, 0.3) is 0 Å². The predicted molar refractivity (Wildman–Crippen MR) is 102 cm³/mol. The molecule has 1 unspecified atom stereocenters. The maximum atomic E-state index is 13.0. The molecule has 1 aromatic carbocycles. The second-order valence-corrected chi connectivity index (χ2v) is 7.29. The average Bonchev–Trinajstić information content (AvgIpc) is 2.72. The van der Waals surface area contributed by atoms with Gasteiger partial charge in [-0.15, -0.1) is 11.8 Å². The lowest BCUT2D eigenvalue weighted by Gasteiger charge is -2.32. The molecule has 136 valence electrons. The van der Waals surface area contributed by atoms with Gasteiger partial charge >= 0.3 is 0 Å².